The third kappa shape index (κ3) is 2.29. The van der Waals surface area contributed by atoms with Crippen molar-refractivity contribution in [2.24, 2.45) is 5.92 Å². The van der Waals surface area contributed by atoms with Gasteiger partial charge in [-0.05, 0) is 30.9 Å². The predicted molar refractivity (Wildman–Crippen MR) is 76.6 cm³/mol. The van der Waals surface area contributed by atoms with Crippen molar-refractivity contribution in [3.05, 3.63) is 36.7 Å². The molecule has 3 aromatic heterocycles. The molecular weight excluding hydrogens is 268 g/mol. The fraction of sp³-hybridized carbons (Fsp3) is 0.267. The van der Waals surface area contributed by atoms with E-state index in [-0.39, 0.29) is 5.91 Å². The fourth-order valence-corrected chi connectivity index (χ4v) is 2.33. The van der Waals surface area contributed by atoms with Crippen molar-refractivity contribution < 1.29 is 9.21 Å². The highest BCUT2D eigenvalue weighted by atomic mass is 16.3. The average molecular weight is 282 g/mol. The van der Waals surface area contributed by atoms with Crippen LogP contribution in [-0.4, -0.2) is 27.4 Å². The lowest BCUT2D eigenvalue weighted by molar-refractivity contribution is 0.0924. The number of carbonyl (C=O) groups excluding carboxylic acids is 1. The third-order valence-corrected chi connectivity index (χ3v) is 3.70. The standard InChI is InChI=1S/C15H14N4O2/c20-15(17-6-9-1-2-9)12-5-10(7-21-12)13-11-3-4-16-14(11)19-8-18-13/h3-5,7-9H,1-2,6H2,(H,17,20)(H,16,18,19). The Hall–Kier alpha value is -2.63. The summed E-state index contributed by atoms with van der Waals surface area (Å²) in [6.45, 7) is 0.727. The maximum Gasteiger partial charge on any atom is 0.287 e. The van der Waals surface area contributed by atoms with E-state index in [1.807, 2.05) is 12.3 Å². The van der Waals surface area contributed by atoms with Crippen LogP contribution >= 0.6 is 0 Å². The van der Waals surface area contributed by atoms with Gasteiger partial charge in [-0.2, -0.15) is 0 Å². The molecule has 1 fully saturated rings. The van der Waals surface area contributed by atoms with Gasteiger partial charge in [-0.25, -0.2) is 9.97 Å². The number of H-pyrrole nitrogens is 1. The smallest absolute Gasteiger partial charge is 0.287 e. The number of aromatic nitrogens is 3. The minimum absolute atomic E-state index is 0.174. The third-order valence-electron chi connectivity index (χ3n) is 3.70. The largest absolute Gasteiger partial charge is 0.458 e. The van der Waals surface area contributed by atoms with E-state index in [2.05, 4.69) is 20.3 Å². The van der Waals surface area contributed by atoms with E-state index < -0.39 is 0 Å². The van der Waals surface area contributed by atoms with Crippen molar-refractivity contribution in [3.63, 3.8) is 0 Å². The molecule has 106 valence electrons. The summed E-state index contributed by atoms with van der Waals surface area (Å²) in [5.74, 6) is 0.783. The molecule has 1 amide bonds. The van der Waals surface area contributed by atoms with Crippen molar-refractivity contribution in [3.8, 4) is 11.3 Å². The molecule has 0 aliphatic heterocycles. The summed E-state index contributed by atoms with van der Waals surface area (Å²) < 4.78 is 5.38. The lowest BCUT2D eigenvalue weighted by Gasteiger charge is -2.00. The first-order chi connectivity index (χ1) is 10.3. The van der Waals surface area contributed by atoms with Crippen molar-refractivity contribution >= 4 is 16.9 Å². The van der Waals surface area contributed by atoms with Crippen molar-refractivity contribution in [2.45, 2.75) is 12.8 Å². The molecule has 1 aliphatic carbocycles. The zero-order valence-electron chi connectivity index (χ0n) is 11.3. The normalized spacial score (nSPS) is 14.5. The van der Waals surface area contributed by atoms with Gasteiger partial charge in [0.1, 0.15) is 18.2 Å². The van der Waals surface area contributed by atoms with Crippen LogP contribution in [0.2, 0.25) is 0 Å². The number of carbonyl (C=O) groups is 1. The second-order valence-electron chi connectivity index (χ2n) is 5.32. The van der Waals surface area contributed by atoms with Gasteiger partial charge >= 0.3 is 0 Å². The Kier molecular flexibility index (Phi) is 2.73. The van der Waals surface area contributed by atoms with Crippen LogP contribution < -0.4 is 5.32 Å². The summed E-state index contributed by atoms with van der Waals surface area (Å²) in [7, 11) is 0. The first-order valence-corrected chi connectivity index (χ1v) is 6.96. The van der Waals surface area contributed by atoms with E-state index in [4.69, 9.17) is 4.42 Å². The summed E-state index contributed by atoms with van der Waals surface area (Å²) in [4.78, 5) is 23.5. The topological polar surface area (TPSA) is 83.8 Å². The van der Waals surface area contributed by atoms with E-state index in [0.717, 1.165) is 28.8 Å². The van der Waals surface area contributed by atoms with E-state index in [0.29, 0.717) is 11.7 Å². The Morgan fingerprint density at radius 1 is 1.43 bits per heavy atom. The Morgan fingerprint density at radius 2 is 2.33 bits per heavy atom. The van der Waals surface area contributed by atoms with Crippen molar-refractivity contribution in [2.75, 3.05) is 6.54 Å². The molecule has 0 bridgehead atoms. The van der Waals surface area contributed by atoms with Gasteiger partial charge in [-0.15, -0.1) is 0 Å². The fourth-order valence-electron chi connectivity index (χ4n) is 2.33. The molecule has 21 heavy (non-hydrogen) atoms. The Labute approximate surface area is 120 Å². The molecule has 6 nitrogen and oxygen atoms in total. The Morgan fingerprint density at radius 3 is 3.19 bits per heavy atom. The summed E-state index contributed by atoms with van der Waals surface area (Å²) in [6.07, 6.45) is 7.27. The second-order valence-corrected chi connectivity index (χ2v) is 5.32. The number of aromatic amines is 1. The van der Waals surface area contributed by atoms with E-state index >= 15 is 0 Å². The second kappa shape index (κ2) is 4.73. The molecule has 3 heterocycles. The molecule has 1 aliphatic rings. The van der Waals surface area contributed by atoms with E-state index in [9.17, 15) is 4.79 Å². The summed E-state index contributed by atoms with van der Waals surface area (Å²) >= 11 is 0. The molecule has 0 saturated heterocycles. The van der Waals surface area contributed by atoms with Crippen LogP contribution in [0, 0.1) is 5.92 Å². The lowest BCUT2D eigenvalue weighted by Crippen LogP contribution is -2.24. The van der Waals surface area contributed by atoms with Crippen LogP contribution in [0.3, 0.4) is 0 Å². The average Bonchev–Trinajstić information content (AvgIpc) is 3.02. The van der Waals surface area contributed by atoms with Crippen molar-refractivity contribution in [1.29, 1.82) is 0 Å². The first kappa shape index (κ1) is 12.1. The van der Waals surface area contributed by atoms with Gasteiger partial charge in [-0.1, -0.05) is 0 Å². The van der Waals surface area contributed by atoms with Crippen LogP contribution in [-0.2, 0) is 0 Å². The SMILES string of the molecule is O=C(NCC1CC1)c1cc(-c2ncnc3[nH]ccc23)co1. The summed E-state index contributed by atoms with van der Waals surface area (Å²) in [5.41, 5.74) is 2.30. The minimum Gasteiger partial charge on any atom is -0.458 e. The molecule has 0 radical (unpaired) electrons. The molecule has 6 heteroatoms. The maximum atomic E-state index is 12.0. The molecule has 2 N–H and O–H groups in total. The summed E-state index contributed by atoms with van der Waals surface area (Å²) in [6, 6.07) is 3.63. The van der Waals surface area contributed by atoms with Gasteiger partial charge < -0.3 is 14.7 Å². The van der Waals surface area contributed by atoms with Gasteiger partial charge in [0.15, 0.2) is 5.76 Å². The highest BCUT2D eigenvalue weighted by Gasteiger charge is 2.23. The van der Waals surface area contributed by atoms with E-state index in [1.165, 1.54) is 19.2 Å². The van der Waals surface area contributed by atoms with Crippen LogP contribution in [0.4, 0.5) is 0 Å². The highest BCUT2D eigenvalue weighted by Crippen LogP contribution is 2.28. The van der Waals surface area contributed by atoms with Gasteiger partial charge in [0, 0.05) is 23.7 Å². The zero-order chi connectivity index (χ0) is 14.2. The quantitative estimate of drug-likeness (QED) is 0.769. The lowest BCUT2D eigenvalue weighted by atomic mass is 10.1. The van der Waals surface area contributed by atoms with Gasteiger partial charge in [0.05, 0.1) is 5.69 Å². The number of furan rings is 1. The number of amides is 1. The molecule has 1 saturated carbocycles. The molecule has 0 atom stereocenters. The predicted octanol–water partition coefficient (Wildman–Crippen LogP) is 2.36. The Bertz CT molecular complexity index is 801. The van der Waals surface area contributed by atoms with Crippen molar-refractivity contribution in [1.82, 2.24) is 20.3 Å². The zero-order valence-corrected chi connectivity index (χ0v) is 11.3. The molecule has 3 aromatic rings. The summed E-state index contributed by atoms with van der Waals surface area (Å²) in [5, 5.41) is 3.79. The minimum atomic E-state index is -0.174. The number of hydrogen-bond donors (Lipinski definition) is 2. The van der Waals surface area contributed by atoms with Gasteiger partial charge in [0.25, 0.3) is 5.91 Å². The van der Waals surface area contributed by atoms with Crippen LogP contribution in [0.1, 0.15) is 23.4 Å². The van der Waals surface area contributed by atoms with Gasteiger partial charge in [-0.3, -0.25) is 4.79 Å². The number of nitrogens with one attached hydrogen (secondary N) is 2. The number of nitrogens with zero attached hydrogens (tertiary/aromatic N) is 2. The molecule has 0 aromatic carbocycles. The molecule has 4 rings (SSSR count). The Balaban J connectivity index is 1.61. The van der Waals surface area contributed by atoms with Gasteiger partial charge in [0.2, 0.25) is 0 Å². The monoisotopic (exact) mass is 282 g/mol. The number of hydrogen-bond acceptors (Lipinski definition) is 4. The van der Waals surface area contributed by atoms with Crippen LogP contribution in [0.15, 0.2) is 35.3 Å². The van der Waals surface area contributed by atoms with Crippen LogP contribution in [0.5, 0.6) is 0 Å². The number of rotatable bonds is 4. The highest BCUT2D eigenvalue weighted by molar-refractivity contribution is 5.95. The van der Waals surface area contributed by atoms with E-state index in [1.54, 1.807) is 12.3 Å². The maximum absolute atomic E-state index is 12.0. The molecular formula is C15H14N4O2. The molecule has 0 unspecified atom stereocenters. The van der Waals surface area contributed by atoms with Crippen LogP contribution in [0.25, 0.3) is 22.3 Å². The molecule has 0 spiro atoms. The number of fused-ring (bicyclic) bond motifs is 1. The first-order valence-electron chi connectivity index (χ1n) is 6.96.